The molecule has 72 valence electrons. The van der Waals surface area contributed by atoms with Gasteiger partial charge in [-0.1, -0.05) is 6.07 Å². The molecule has 1 N–H and O–H groups in total. The van der Waals surface area contributed by atoms with Gasteiger partial charge < -0.3 is 0 Å². The van der Waals surface area contributed by atoms with Gasteiger partial charge in [-0.2, -0.15) is 0 Å². The first-order valence-corrected chi connectivity index (χ1v) is 5.19. The molecule has 1 aliphatic rings. The normalized spacial score (nSPS) is 17.3. The molecule has 0 unspecified atom stereocenters. The van der Waals surface area contributed by atoms with Crippen LogP contribution >= 0.6 is 0 Å². The topological polar surface area (TPSA) is 80.3 Å². The third-order valence-electron chi connectivity index (χ3n) is 1.90. The summed E-state index contributed by atoms with van der Waals surface area (Å²) in [5, 5.41) is 0. The van der Waals surface area contributed by atoms with Gasteiger partial charge in [0, 0.05) is 5.56 Å². The second-order valence-corrected chi connectivity index (χ2v) is 4.46. The maximum Gasteiger partial charge on any atom is 0.266 e. The fraction of sp³-hybridized carbons (Fsp3) is 0. The zero-order valence-corrected chi connectivity index (χ0v) is 7.67. The zero-order valence-electron chi connectivity index (χ0n) is 6.85. The van der Waals surface area contributed by atoms with E-state index in [-0.39, 0.29) is 16.0 Å². The van der Waals surface area contributed by atoms with Gasteiger partial charge >= 0.3 is 0 Å². The maximum absolute atomic E-state index is 11.3. The Balaban J connectivity index is 2.77. The van der Waals surface area contributed by atoms with Gasteiger partial charge in [0.25, 0.3) is 15.9 Å². The number of hydrogen-bond acceptors (Lipinski definition) is 4. The number of benzene rings is 1. The molecule has 0 saturated heterocycles. The number of carbonyl (C=O) groups is 2. The second-order valence-electron chi connectivity index (χ2n) is 2.81. The number of nitrogens with one attached hydrogen (secondary N) is 1. The van der Waals surface area contributed by atoms with E-state index in [9.17, 15) is 18.0 Å². The lowest BCUT2D eigenvalue weighted by atomic mass is 10.1. The Morgan fingerprint density at radius 1 is 1.29 bits per heavy atom. The zero-order chi connectivity index (χ0) is 10.3. The lowest BCUT2D eigenvalue weighted by Crippen LogP contribution is -2.20. The molecule has 0 bridgehead atoms. The Morgan fingerprint density at radius 3 is 2.64 bits per heavy atom. The summed E-state index contributed by atoms with van der Waals surface area (Å²) in [6, 6.07) is 3.89. The molecule has 0 saturated carbocycles. The van der Waals surface area contributed by atoms with Gasteiger partial charge in [-0.15, -0.1) is 0 Å². The fourth-order valence-electron chi connectivity index (χ4n) is 1.25. The predicted molar refractivity (Wildman–Crippen MR) is 46.5 cm³/mol. The van der Waals surface area contributed by atoms with Gasteiger partial charge in [0.05, 0.1) is 5.56 Å². The minimum atomic E-state index is -3.75. The third-order valence-corrected chi connectivity index (χ3v) is 3.27. The highest BCUT2D eigenvalue weighted by Crippen LogP contribution is 2.22. The van der Waals surface area contributed by atoms with Crippen molar-refractivity contribution in [3.63, 3.8) is 0 Å². The predicted octanol–water partition coefficient (Wildman–Crippen LogP) is -0.0688. The van der Waals surface area contributed by atoms with Crippen LogP contribution in [0.3, 0.4) is 0 Å². The number of carbonyl (C=O) groups excluding carboxylic acids is 2. The van der Waals surface area contributed by atoms with Crippen molar-refractivity contribution in [3.05, 3.63) is 29.3 Å². The van der Waals surface area contributed by atoms with E-state index in [1.54, 1.807) is 0 Å². The van der Waals surface area contributed by atoms with Crippen molar-refractivity contribution in [2.24, 2.45) is 0 Å². The van der Waals surface area contributed by atoms with Crippen LogP contribution in [0.1, 0.15) is 20.7 Å². The summed E-state index contributed by atoms with van der Waals surface area (Å²) >= 11 is 0. The van der Waals surface area contributed by atoms with Crippen molar-refractivity contribution < 1.29 is 18.0 Å². The molecule has 1 aromatic rings. The van der Waals surface area contributed by atoms with Crippen LogP contribution < -0.4 is 4.72 Å². The van der Waals surface area contributed by atoms with Crippen molar-refractivity contribution >= 4 is 22.2 Å². The summed E-state index contributed by atoms with van der Waals surface area (Å²) in [7, 11) is -3.75. The summed E-state index contributed by atoms with van der Waals surface area (Å²) in [6.07, 6.45) is 0.526. The minimum absolute atomic E-state index is 0.0793. The van der Waals surface area contributed by atoms with Crippen LogP contribution in [0.15, 0.2) is 23.1 Å². The van der Waals surface area contributed by atoms with Crippen molar-refractivity contribution in [2.45, 2.75) is 4.90 Å². The van der Waals surface area contributed by atoms with Gasteiger partial charge in [-0.05, 0) is 12.1 Å². The van der Waals surface area contributed by atoms with Crippen LogP contribution in [0.4, 0.5) is 0 Å². The first-order chi connectivity index (χ1) is 6.54. The number of rotatable bonds is 1. The molecule has 1 heterocycles. The molecule has 1 aromatic carbocycles. The Labute approximate surface area is 79.8 Å². The summed E-state index contributed by atoms with van der Waals surface area (Å²) in [5.74, 6) is -0.655. The Morgan fingerprint density at radius 2 is 2.00 bits per heavy atom. The van der Waals surface area contributed by atoms with Crippen molar-refractivity contribution in [3.8, 4) is 0 Å². The van der Waals surface area contributed by atoms with Crippen molar-refractivity contribution in [1.82, 2.24) is 4.72 Å². The van der Waals surface area contributed by atoms with Gasteiger partial charge in [0.2, 0.25) is 0 Å². The number of fused-ring (bicyclic) bond motifs is 1. The van der Waals surface area contributed by atoms with Crippen LogP contribution in [-0.4, -0.2) is 20.6 Å². The molecular weight excluding hydrogens is 206 g/mol. The summed E-state index contributed by atoms with van der Waals surface area (Å²) in [5.41, 5.74) is 0.305. The van der Waals surface area contributed by atoms with Gasteiger partial charge in [-0.25, -0.2) is 13.1 Å². The molecule has 5 nitrogen and oxygen atoms in total. The lowest BCUT2D eigenvalue weighted by Gasteiger charge is -1.95. The summed E-state index contributed by atoms with van der Waals surface area (Å²) in [6.45, 7) is 0. The number of hydrogen-bond donors (Lipinski definition) is 1. The van der Waals surface area contributed by atoms with Crippen LogP contribution in [-0.2, 0) is 10.0 Å². The van der Waals surface area contributed by atoms with E-state index in [0.29, 0.717) is 6.29 Å². The first-order valence-electron chi connectivity index (χ1n) is 3.71. The molecule has 0 spiro atoms. The largest absolute Gasteiger partial charge is 0.298 e. The SMILES string of the molecule is O=Cc1ccc2c(c1)S(=O)(=O)NC2=O. The standard InChI is InChI=1S/C8H5NO4S/c10-4-5-1-2-6-7(3-5)14(12,13)9-8(6)11/h1-4H,(H,9,11). The molecule has 0 aromatic heterocycles. The number of aldehydes is 1. The van der Waals surface area contributed by atoms with Crippen molar-refractivity contribution in [1.29, 1.82) is 0 Å². The third kappa shape index (κ3) is 1.12. The van der Waals surface area contributed by atoms with Crippen LogP contribution in [0.2, 0.25) is 0 Å². The molecule has 1 aliphatic heterocycles. The Bertz CT molecular complexity index is 532. The average Bonchev–Trinajstić information content (AvgIpc) is 2.37. The van der Waals surface area contributed by atoms with Crippen molar-refractivity contribution in [2.75, 3.05) is 0 Å². The quantitative estimate of drug-likeness (QED) is 0.659. The summed E-state index contributed by atoms with van der Waals surface area (Å²) in [4.78, 5) is 21.4. The molecule has 0 fully saturated rings. The highest BCUT2D eigenvalue weighted by Gasteiger charge is 2.32. The second kappa shape index (κ2) is 2.65. The van der Waals surface area contributed by atoms with Gasteiger partial charge in [0.15, 0.2) is 0 Å². The van der Waals surface area contributed by atoms with E-state index >= 15 is 0 Å². The fourth-order valence-corrected chi connectivity index (χ4v) is 2.46. The Kier molecular flexibility index (Phi) is 1.68. The van der Waals surface area contributed by atoms with Crippen LogP contribution in [0.25, 0.3) is 0 Å². The molecular formula is C8H5NO4S. The Hall–Kier alpha value is -1.69. The molecule has 6 heteroatoms. The van der Waals surface area contributed by atoms with Crippen LogP contribution in [0.5, 0.6) is 0 Å². The van der Waals surface area contributed by atoms with Crippen LogP contribution in [0, 0.1) is 0 Å². The highest BCUT2D eigenvalue weighted by atomic mass is 32.2. The van der Waals surface area contributed by atoms with E-state index in [1.165, 1.54) is 18.2 Å². The average molecular weight is 211 g/mol. The van der Waals surface area contributed by atoms with E-state index < -0.39 is 15.9 Å². The van der Waals surface area contributed by atoms with E-state index in [0.717, 1.165) is 0 Å². The molecule has 0 atom stereocenters. The number of sulfonamides is 1. The highest BCUT2D eigenvalue weighted by molar-refractivity contribution is 7.90. The molecule has 14 heavy (non-hydrogen) atoms. The number of amides is 1. The minimum Gasteiger partial charge on any atom is -0.298 e. The maximum atomic E-state index is 11.3. The molecule has 0 radical (unpaired) electrons. The lowest BCUT2D eigenvalue weighted by molar-refractivity contribution is 0.0984. The molecule has 1 amide bonds. The van der Waals surface area contributed by atoms with E-state index in [2.05, 4.69) is 0 Å². The molecule has 0 aliphatic carbocycles. The van der Waals surface area contributed by atoms with Gasteiger partial charge in [0.1, 0.15) is 11.2 Å². The smallest absolute Gasteiger partial charge is 0.266 e. The van der Waals surface area contributed by atoms with Gasteiger partial charge in [-0.3, -0.25) is 9.59 Å². The summed E-state index contributed by atoms with van der Waals surface area (Å²) < 4.78 is 24.4. The van der Waals surface area contributed by atoms with E-state index in [1.807, 2.05) is 4.72 Å². The monoisotopic (exact) mass is 211 g/mol. The van der Waals surface area contributed by atoms with E-state index in [4.69, 9.17) is 0 Å². The molecule has 2 rings (SSSR count). The first kappa shape index (κ1) is 8.89.